The van der Waals surface area contributed by atoms with Gasteiger partial charge < -0.3 is 10.0 Å². The largest absolute Gasteiger partial charge is 0.395 e. The summed E-state index contributed by atoms with van der Waals surface area (Å²) in [7, 11) is 1.58. The van der Waals surface area contributed by atoms with Gasteiger partial charge in [0.05, 0.1) is 13.0 Å². The summed E-state index contributed by atoms with van der Waals surface area (Å²) in [6.07, 6.45) is 0.172. The molecular formula is C13H17NO3. The number of ketones is 1. The minimum Gasteiger partial charge on any atom is -0.395 e. The van der Waals surface area contributed by atoms with Crippen LogP contribution in [0.1, 0.15) is 12.0 Å². The van der Waals surface area contributed by atoms with E-state index in [1.165, 1.54) is 4.90 Å². The predicted octanol–water partition coefficient (Wildman–Crippen LogP) is 0.639. The summed E-state index contributed by atoms with van der Waals surface area (Å²) in [5.41, 5.74) is 0.912. The average molecular weight is 235 g/mol. The zero-order chi connectivity index (χ0) is 12.7. The van der Waals surface area contributed by atoms with Crippen molar-refractivity contribution in [2.24, 2.45) is 0 Å². The summed E-state index contributed by atoms with van der Waals surface area (Å²) < 4.78 is 0. The SMILES string of the molecule is CN(CCO)C(=O)CC(=O)Cc1ccccc1. The molecule has 0 fully saturated rings. The molecule has 0 unspecified atom stereocenters. The van der Waals surface area contributed by atoms with Crippen molar-refractivity contribution < 1.29 is 14.7 Å². The second-order valence-corrected chi connectivity index (χ2v) is 3.92. The quantitative estimate of drug-likeness (QED) is 0.736. The van der Waals surface area contributed by atoms with Gasteiger partial charge in [0.1, 0.15) is 5.78 Å². The number of likely N-dealkylation sites (N-methyl/N-ethyl adjacent to an activating group) is 1. The van der Waals surface area contributed by atoms with E-state index in [9.17, 15) is 9.59 Å². The number of aliphatic hydroxyl groups is 1. The molecule has 0 saturated heterocycles. The first-order valence-corrected chi connectivity index (χ1v) is 5.54. The topological polar surface area (TPSA) is 57.6 Å². The van der Waals surface area contributed by atoms with Crippen LogP contribution in [0.4, 0.5) is 0 Å². The van der Waals surface area contributed by atoms with Crippen molar-refractivity contribution >= 4 is 11.7 Å². The lowest BCUT2D eigenvalue weighted by Gasteiger charge is -2.14. The molecule has 0 heterocycles. The number of benzene rings is 1. The van der Waals surface area contributed by atoms with Gasteiger partial charge in [-0.25, -0.2) is 0 Å². The molecule has 0 aliphatic carbocycles. The summed E-state index contributed by atoms with van der Waals surface area (Å²) >= 11 is 0. The fourth-order valence-corrected chi connectivity index (χ4v) is 1.46. The Morgan fingerprint density at radius 2 is 1.88 bits per heavy atom. The molecule has 0 aromatic heterocycles. The first-order chi connectivity index (χ1) is 8.13. The number of carbonyl (C=O) groups is 2. The van der Waals surface area contributed by atoms with Gasteiger partial charge in [0.25, 0.3) is 0 Å². The van der Waals surface area contributed by atoms with Gasteiger partial charge in [-0.05, 0) is 5.56 Å². The summed E-state index contributed by atoms with van der Waals surface area (Å²) in [6, 6.07) is 9.33. The fraction of sp³-hybridized carbons (Fsp3) is 0.385. The maximum Gasteiger partial charge on any atom is 0.229 e. The van der Waals surface area contributed by atoms with E-state index >= 15 is 0 Å². The zero-order valence-electron chi connectivity index (χ0n) is 9.93. The van der Waals surface area contributed by atoms with Crippen LogP contribution in [0.3, 0.4) is 0 Å². The van der Waals surface area contributed by atoms with Gasteiger partial charge in [-0.2, -0.15) is 0 Å². The van der Waals surface area contributed by atoms with Crippen LogP contribution in [0.15, 0.2) is 30.3 Å². The Kier molecular flexibility index (Phi) is 5.36. The number of hydrogen-bond acceptors (Lipinski definition) is 3. The van der Waals surface area contributed by atoms with Crippen LogP contribution in [0, 0.1) is 0 Å². The lowest BCUT2D eigenvalue weighted by atomic mass is 10.1. The third-order valence-corrected chi connectivity index (χ3v) is 2.45. The highest BCUT2D eigenvalue weighted by atomic mass is 16.3. The Balaban J connectivity index is 2.42. The molecule has 0 spiro atoms. The van der Waals surface area contributed by atoms with Gasteiger partial charge in [0, 0.05) is 20.0 Å². The minimum absolute atomic E-state index is 0.0882. The molecule has 92 valence electrons. The summed E-state index contributed by atoms with van der Waals surface area (Å²) in [5, 5.41) is 8.68. The minimum atomic E-state index is -0.250. The van der Waals surface area contributed by atoms with E-state index < -0.39 is 0 Å². The third kappa shape index (κ3) is 4.78. The molecule has 17 heavy (non-hydrogen) atoms. The second kappa shape index (κ2) is 6.81. The number of rotatable bonds is 6. The molecule has 4 heteroatoms. The van der Waals surface area contributed by atoms with Crippen LogP contribution in [-0.4, -0.2) is 41.9 Å². The van der Waals surface area contributed by atoms with E-state index in [1.807, 2.05) is 30.3 Å². The van der Waals surface area contributed by atoms with Gasteiger partial charge in [0.2, 0.25) is 5.91 Å². The van der Waals surface area contributed by atoms with Crippen LogP contribution >= 0.6 is 0 Å². The smallest absolute Gasteiger partial charge is 0.229 e. The number of aliphatic hydroxyl groups excluding tert-OH is 1. The molecule has 0 bridgehead atoms. The number of nitrogens with zero attached hydrogens (tertiary/aromatic N) is 1. The van der Waals surface area contributed by atoms with Crippen molar-refractivity contribution in [3.8, 4) is 0 Å². The molecule has 4 nitrogen and oxygen atoms in total. The second-order valence-electron chi connectivity index (χ2n) is 3.92. The third-order valence-electron chi connectivity index (χ3n) is 2.45. The van der Waals surface area contributed by atoms with Crippen molar-refractivity contribution in [3.63, 3.8) is 0 Å². The molecule has 1 aromatic carbocycles. The molecule has 1 amide bonds. The summed E-state index contributed by atoms with van der Waals surface area (Å²) in [4.78, 5) is 24.5. The van der Waals surface area contributed by atoms with Crippen molar-refractivity contribution in [1.82, 2.24) is 4.90 Å². The van der Waals surface area contributed by atoms with E-state index in [-0.39, 0.29) is 37.7 Å². The predicted molar refractivity (Wildman–Crippen MR) is 64.5 cm³/mol. The lowest BCUT2D eigenvalue weighted by Crippen LogP contribution is -2.31. The molecule has 1 N–H and O–H groups in total. The maximum absolute atomic E-state index is 11.6. The molecule has 1 aromatic rings. The monoisotopic (exact) mass is 235 g/mol. The molecule has 0 aliphatic heterocycles. The Hall–Kier alpha value is -1.68. The van der Waals surface area contributed by atoms with Gasteiger partial charge in [-0.1, -0.05) is 30.3 Å². The zero-order valence-corrected chi connectivity index (χ0v) is 9.93. The number of amides is 1. The van der Waals surface area contributed by atoms with Gasteiger partial charge in [-0.3, -0.25) is 9.59 Å². The number of Topliss-reactive ketones (excluding diaryl/α,β-unsaturated/α-hetero) is 1. The van der Waals surface area contributed by atoms with Crippen molar-refractivity contribution in [2.45, 2.75) is 12.8 Å². The highest BCUT2D eigenvalue weighted by Crippen LogP contribution is 2.03. The molecule has 0 atom stereocenters. The first kappa shape index (κ1) is 13.4. The van der Waals surface area contributed by atoms with Crippen LogP contribution in [0.5, 0.6) is 0 Å². The van der Waals surface area contributed by atoms with E-state index in [1.54, 1.807) is 7.05 Å². The van der Waals surface area contributed by atoms with Crippen molar-refractivity contribution in [3.05, 3.63) is 35.9 Å². The van der Waals surface area contributed by atoms with Crippen LogP contribution in [0.2, 0.25) is 0 Å². The summed E-state index contributed by atoms with van der Waals surface area (Å²) in [5.74, 6) is -0.356. The Bertz CT molecular complexity index is 376. The highest BCUT2D eigenvalue weighted by molar-refractivity contribution is 5.98. The van der Waals surface area contributed by atoms with Crippen LogP contribution in [-0.2, 0) is 16.0 Å². The molecule has 1 rings (SSSR count). The van der Waals surface area contributed by atoms with Crippen LogP contribution in [0.25, 0.3) is 0 Å². The van der Waals surface area contributed by atoms with Crippen molar-refractivity contribution in [1.29, 1.82) is 0 Å². The molecular weight excluding hydrogens is 218 g/mol. The maximum atomic E-state index is 11.6. The lowest BCUT2D eigenvalue weighted by molar-refractivity contribution is -0.134. The Labute approximate surface area is 101 Å². The standard InChI is InChI=1S/C13H17NO3/c1-14(7-8-15)13(17)10-12(16)9-11-5-3-2-4-6-11/h2-6,15H,7-10H2,1H3. The summed E-state index contributed by atoms with van der Waals surface area (Å²) in [6.45, 7) is 0.173. The highest BCUT2D eigenvalue weighted by Gasteiger charge is 2.13. The first-order valence-electron chi connectivity index (χ1n) is 5.54. The molecule has 0 aliphatic rings. The van der Waals surface area contributed by atoms with E-state index in [0.717, 1.165) is 5.56 Å². The average Bonchev–Trinajstić information content (AvgIpc) is 2.30. The number of hydrogen-bond donors (Lipinski definition) is 1. The normalized spacial score (nSPS) is 10.0. The van der Waals surface area contributed by atoms with Gasteiger partial charge >= 0.3 is 0 Å². The molecule has 0 radical (unpaired) electrons. The van der Waals surface area contributed by atoms with Gasteiger partial charge in [0.15, 0.2) is 0 Å². The molecule has 0 saturated carbocycles. The van der Waals surface area contributed by atoms with E-state index in [2.05, 4.69) is 0 Å². The fourth-order valence-electron chi connectivity index (χ4n) is 1.46. The number of carbonyl (C=O) groups excluding carboxylic acids is 2. The van der Waals surface area contributed by atoms with Gasteiger partial charge in [-0.15, -0.1) is 0 Å². The van der Waals surface area contributed by atoms with Crippen LogP contribution < -0.4 is 0 Å². The van der Waals surface area contributed by atoms with Crippen molar-refractivity contribution in [2.75, 3.05) is 20.2 Å². The Morgan fingerprint density at radius 3 is 2.47 bits per heavy atom. The van der Waals surface area contributed by atoms with E-state index in [0.29, 0.717) is 0 Å². The Morgan fingerprint density at radius 1 is 1.24 bits per heavy atom. The van der Waals surface area contributed by atoms with E-state index in [4.69, 9.17) is 5.11 Å².